The summed E-state index contributed by atoms with van der Waals surface area (Å²) in [7, 11) is -4.28. The van der Waals surface area contributed by atoms with Gasteiger partial charge in [0.05, 0.1) is 19.8 Å². The maximum Gasteiger partial charge on any atom is 0.472 e. The van der Waals surface area contributed by atoms with Crippen molar-refractivity contribution in [3.05, 3.63) is 24.3 Å². The number of allylic oxidation sites excluding steroid dienone is 4. The number of ether oxygens (including phenoxy) is 2. The first-order chi connectivity index (χ1) is 28.4. The average molecular weight is 842 g/mol. The van der Waals surface area contributed by atoms with Crippen LogP contribution in [0, 0.1) is 0 Å². The van der Waals surface area contributed by atoms with Crippen molar-refractivity contribution in [3.8, 4) is 0 Å². The molecule has 0 saturated carbocycles. The standard InChI is InChI=1S/C49H96NO7P/c1-3-5-7-9-11-13-15-17-19-21-23-24-25-26-28-30-32-34-36-38-40-42-49(51)57-48(47-56-58(52,53)55-45-43-50)46-54-44-41-39-37-35-33-31-29-27-22-20-18-16-14-12-10-8-6-4-2/h18,20-21,23,48H,3-17,19,22,24-47,50H2,1-2H3,(H,52,53)/b20-18-,23-21-. The number of esters is 1. The second kappa shape index (κ2) is 47.0. The van der Waals surface area contributed by atoms with Gasteiger partial charge in [-0.15, -0.1) is 0 Å². The molecule has 0 aliphatic rings. The van der Waals surface area contributed by atoms with E-state index in [1.54, 1.807) is 0 Å². The first kappa shape index (κ1) is 57.0. The molecule has 0 aromatic heterocycles. The number of unbranched alkanes of at least 4 members (excludes halogenated alkanes) is 31. The summed E-state index contributed by atoms with van der Waals surface area (Å²) in [5, 5.41) is 0. The summed E-state index contributed by atoms with van der Waals surface area (Å²) in [5.41, 5.74) is 5.38. The molecule has 344 valence electrons. The summed E-state index contributed by atoms with van der Waals surface area (Å²) in [5.74, 6) is -0.330. The molecule has 0 saturated heterocycles. The van der Waals surface area contributed by atoms with Crippen LogP contribution in [0.25, 0.3) is 0 Å². The van der Waals surface area contributed by atoms with Gasteiger partial charge in [-0.3, -0.25) is 13.8 Å². The Hall–Kier alpha value is -1.02. The number of nitrogens with two attached hydrogens (primary N) is 1. The fraction of sp³-hybridized carbons (Fsp3) is 0.898. The minimum atomic E-state index is -4.28. The smallest absolute Gasteiger partial charge is 0.457 e. The van der Waals surface area contributed by atoms with Gasteiger partial charge in [0.15, 0.2) is 0 Å². The highest BCUT2D eigenvalue weighted by molar-refractivity contribution is 7.47. The molecule has 9 heteroatoms. The van der Waals surface area contributed by atoms with E-state index in [-0.39, 0.29) is 32.3 Å². The lowest BCUT2D eigenvalue weighted by molar-refractivity contribution is -0.154. The van der Waals surface area contributed by atoms with Crippen molar-refractivity contribution in [1.82, 2.24) is 0 Å². The highest BCUT2D eigenvalue weighted by Gasteiger charge is 2.25. The van der Waals surface area contributed by atoms with Crippen LogP contribution in [0.5, 0.6) is 0 Å². The predicted molar refractivity (Wildman–Crippen MR) is 247 cm³/mol. The molecule has 0 aliphatic heterocycles. The average Bonchev–Trinajstić information content (AvgIpc) is 3.21. The zero-order chi connectivity index (χ0) is 42.3. The SMILES string of the molecule is CCCCCCCC/C=C\CCCCCCCCCCOCC(COP(=O)(O)OCCN)OC(=O)CCCCCCCCCCC/C=C\CCCCCCCCCC. The lowest BCUT2D eigenvalue weighted by Crippen LogP contribution is -2.28. The van der Waals surface area contributed by atoms with Gasteiger partial charge in [0.25, 0.3) is 0 Å². The van der Waals surface area contributed by atoms with E-state index in [1.807, 2.05) is 0 Å². The van der Waals surface area contributed by atoms with Gasteiger partial charge in [-0.2, -0.15) is 0 Å². The van der Waals surface area contributed by atoms with E-state index in [9.17, 15) is 14.3 Å². The number of carbonyl (C=O) groups is 1. The Balaban J connectivity index is 3.94. The predicted octanol–water partition coefficient (Wildman–Crippen LogP) is 15.2. The van der Waals surface area contributed by atoms with Crippen LogP contribution in [0.15, 0.2) is 24.3 Å². The summed E-state index contributed by atoms with van der Waals surface area (Å²) in [4.78, 5) is 22.6. The molecule has 0 rings (SSSR count). The number of hydrogen-bond donors (Lipinski definition) is 2. The van der Waals surface area contributed by atoms with E-state index >= 15 is 0 Å². The summed E-state index contributed by atoms with van der Waals surface area (Å²) in [6, 6.07) is 0. The zero-order valence-electron chi connectivity index (χ0n) is 38.3. The van der Waals surface area contributed by atoms with Crippen molar-refractivity contribution in [2.45, 2.75) is 251 Å². The highest BCUT2D eigenvalue weighted by atomic mass is 31.2. The minimum Gasteiger partial charge on any atom is -0.457 e. The summed E-state index contributed by atoms with van der Waals surface area (Å²) >= 11 is 0. The van der Waals surface area contributed by atoms with E-state index in [0.717, 1.165) is 32.1 Å². The van der Waals surface area contributed by atoms with Gasteiger partial charge in [-0.25, -0.2) is 4.57 Å². The Kier molecular flexibility index (Phi) is 46.2. The van der Waals surface area contributed by atoms with Crippen molar-refractivity contribution < 1.29 is 32.8 Å². The molecule has 0 aliphatic carbocycles. The summed E-state index contributed by atoms with van der Waals surface area (Å²) in [6.07, 6.45) is 53.5. The molecule has 58 heavy (non-hydrogen) atoms. The first-order valence-electron chi connectivity index (χ1n) is 24.8. The lowest BCUT2D eigenvalue weighted by Gasteiger charge is -2.20. The van der Waals surface area contributed by atoms with E-state index in [1.165, 1.54) is 193 Å². The van der Waals surface area contributed by atoms with Gasteiger partial charge in [-0.1, -0.05) is 199 Å². The molecule has 0 aromatic carbocycles. The fourth-order valence-electron chi connectivity index (χ4n) is 7.16. The molecule has 0 bridgehead atoms. The molecular formula is C49H96NO7P. The van der Waals surface area contributed by atoms with Gasteiger partial charge in [-0.05, 0) is 64.2 Å². The number of hydrogen-bond acceptors (Lipinski definition) is 7. The number of carbonyl (C=O) groups excluding carboxylic acids is 1. The van der Waals surface area contributed by atoms with Crippen molar-refractivity contribution in [1.29, 1.82) is 0 Å². The third kappa shape index (κ3) is 46.1. The van der Waals surface area contributed by atoms with E-state index in [4.69, 9.17) is 24.3 Å². The Labute approximate surface area is 359 Å². The third-order valence-electron chi connectivity index (χ3n) is 10.8. The second-order valence-corrected chi connectivity index (χ2v) is 18.1. The maximum absolute atomic E-state index is 12.6. The Morgan fingerprint density at radius 2 is 0.862 bits per heavy atom. The molecule has 2 unspecified atom stereocenters. The second-order valence-electron chi connectivity index (χ2n) is 16.7. The van der Waals surface area contributed by atoms with E-state index < -0.39 is 13.9 Å². The molecule has 2 atom stereocenters. The topological polar surface area (TPSA) is 117 Å². The largest absolute Gasteiger partial charge is 0.472 e. The summed E-state index contributed by atoms with van der Waals surface area (Å²) in [6.45, 7) is 4.95. The summed E-state index contributed by atoms with van der Waals surface area (Å²) < 4.78 is 33.6. The zero-order valence-corrected chi connectivity index (χ0v) is 39.2. The van der Waals surface area contributed by atoms with Crippen LogP contribution in [-0.2, 0) is 27.9 Å². The van der Waals surface area contributed by atoms with Gasteiger partial charge in [0.1, 0.15) is 6.10 Å². The monoisotopic (exact) mass is 842 g/mol. The fourth-order valence-corrected chi connectivity index (χ4v) is 7.93. The lowest BCUT2D eigenvalue weighted by atomic mass is 10.1. The van der Waals surface area contributed by atoms with Gasteiger partial charge >= 0.3 is 13.8 Å². The Bertz CT molecular complexity index is 946. The molecule has 0 heterocycles. The van der Waals surface area contributed by atoms with E-state index in [2.05, 4.69) is 38.2 Å². The van der Waals surface area contributed by atoms with Crippen LogP contribution in [0.2, 0.25) is 0 Å². The molecule has 8 nitrogen and oxygen atoms in total. The Morgan fingerprint density at radius 3 is 1.26 bits per heavy atom. The van der Waals surface area contributed by atoms with Crippen molar-refractivity contribution in [2.75, 3.05) is 33.0 Å². The number of rotatable bonds is 48. The van der Waals surface area contributed by atoms with E-state index in [0.29, 0.717) is 13.0 Å². The normalized spacial score (nSPS) is 13.5. The minimum absolute atomic E-state index is 0.0947. The molecule has 0 amide bonds. The van der Waals surface area contributed by atoms with Crippen LogP contribution in [-0.4, -0.2) is 49.9 Å². The van der Waals surface area contributed by atoms with Crippen LogP contribution in [0.1, 0.15) is 245 Å². The van der Waals surface area contributed by atoms with Crippen LogP contribution < -0.4 is 5.73 Å². The maximum atomic E-state index is 12.6. The van der Waals surface area contributed by atoms with Crippen LogP contribution in [0.3, 0.4) is 0 Å². The quantitative estimate of drug-likeness (QED) is 0.0269. The Morgan fingerprint density at radius 1 is 0.500 bits per heavy atom. The molecular weight excluding hydrogens is 746 g/mol. The molecule has 3 N–H and O–H groups in total. The molecule has 0 fully saturated rings. The number of phosphoric acid groups is 1. The molecule has 0 radical (unpaired) electrons. The van der Waals surface area contributed by atoms with Crippen molar-refractivity contribution in [3.63, 3.8) is 0 Å². The molecule has 0 aromatic rings. The van der Waals surface area contributed by atoms with Gasteiger partial charge < -0.3 is 20.1 Å². The van der Waals surface area contributed by atoms with Crippen LogP contribution in [0.4, 0.5) is 0 Å². The van der Waals surface area contributed by atoms with Crippen LogP contribution >= 0.6 is 7.82 Å². The molecule has 0 spiro atoms. The highest BCUT2D eigenvalue weighted by Crippen LogP contribution is 2.43. The third-order valence-corrected chi connectivity index (χ3v) is 11.8. The van der Waals surface area contributed by atoms with Gasteiger partial charge in [0.2, 0.25) is 0 Å². The van der Waals surface area contributed by atoms with Gasteiger partial charge in [0, 0.05) is 19.6 Å². The number of phosphoric ester groups is 1. The van der Waals surface area contributed by atoms with Crippen molar-refractivity contribution >= 4 is 13.8 Å². The van der Waals surface area contributed by atoms with Crippen molar-refractivity contribution in [2.24, 2.45) is 5.73 Å². The first-order valence-corrected chi connectivity index (χ1v) is 26.3.